The smallest absolute Gasteiger partial charge is 0.0620 e. The summed E-state index contributed by atoms with van der Waals surface area (Å²) in [5.41, 5.74) is 26.2. The Balaban J connectivity index is 1.08. The van der Waals surface area contributed by atoms with Crippen LogP contribution in [0, 0.1) is 55.4 Å². The molecule has 1 aliphatic carbocycles. The van der Waals surface area contributed by atoms with Crippen LogP contribution in [0.5, 0.6) is 0 Å². The van der Waals surface area contributed by atoms with Crippen molar-refractivity contribution >= 4 is 83.0 Å². The largest absolute Gasteiger partial charge is 0.310 e. The summed E-state index contributed by atoms with van der Waals surface area (Å²) >= 11 is 0. The van der Waals surface area contributed by atoms with E-state index in [1.807, 2.05) is 0 Å². The van der Waals surface area contributed by atoms with Crippen molar-refractivity contribution in [1.82, 2.24) is 4.40 Å². The van der Waals surface area contributed by atoms with Crippen molar-refractivity contribution in [2.75, 3.05) is 9.80 Å². The molecule has 0 aliphatic heterocycles. The number of hydrogen-bond donors (Lipinski definition) is 0. The number of aryl methyl sites for hydroxylation is 8. The second-order valence-corrected chi connectivity index (χ2v) is 20.1. The zero-order valence-electron chi connectivity index (χ0n) is 39.8. The van der Waals surface area contributed by atoms with Gasteiger partial charge in [-0.2, -0.15) is 0 Å². The van der Waals surface area contributed by atoms with Crippen molar-refractivity contribution in [2.45, 2.75) is 74.7 Å². The summed E-state index contributed by atoms with van der Waals surface area (Å²) in [6.07, 6.45) is 0. The van der Waals surface area contributed by atoms with Gasteiger partial charge in [-0.05, 0) is 218 Å². The monoisotopic (exact) mass is 853 g/mol. The molecule has 3 nitrogen and oxygen atoms in total. The van der Waals surface area contributed by atoms with Crippen LogP contribution in [-0.2, 0) is 5.41 Å². The second kappa shape index (κ2) is 14.3. The number of aromatic nitrogens is 1. The molecule has 2 heterocycles. The van der Waals surface area contributed by atoms with E-state index in [2.05, 4.69) is 235 Å². The number of nitrogens with zero attached hydrogens (tertiary/aromatic N) is 3. The molecule has 66 heavy (non-hydrogen) atoms. The van der Waals surface area contributed by atoms with Crippen molar-refractivity contribution in [3.63, 3.8) is 0 Å². The van der Waals surface area contributed by atoms with E-state index in [0.29, 0.717) is 0 Å². The molecule has 9 aromatic carbocycles. The standard InChI is InChI=1S/C63H55N3/c1-36-24-37(2)27-49(26-36)64(45-17-14-40(5)42(7)30-45)47-20-22-54-58(33-47)63(9,10)57-23-16-44-32-56-53-13-11-12-52-51-21-19-48(34-59(51)66(62(52)53)60(56)35-55(44)61(54)57)65(46-18-15-41(6)43(8)31-46)50-28-38(3)25-39(4)29-50/h11-35H,1-10H3. The third-order valence-corrected chi connectivity index (χ3v) is 15.0. The summed E-state index contributed by atoms with van der Waals surface area (Å²) in [7, 11) is 0. The van der Waals surface area contributed by atoms with Gasteiger partial charge in [-0.1, -0.05) is 80.6 Å². The lowest BCUT2D eigenvalue weighted by Gasteiger charge is -2.29. The molecule has 322 valence electrons. The van der Waals surface area contributed by atoms with Gasteiger partial charge in [0.15, 0.2) is 0 Å². The number of fused-ring (bicyclic) bond motifs is 11. The van der Waals surface area contributed by atoms with Gasteiger partial charge in [0.05, 0.1) is 16.6 Å². The lowest BCUT2D eigenvalue weighted by atomic mass is 9.82. The summed E-state index contributed by atoms with van der Waals surface area (Å²) in [6.45, 7) is 22.4. The highest BCUT2D eigenvalue weighted by atomic mass is 15.1. The molecule has 12 rings (SSSR count). The molecule has 0 saturated carbocycles. The molecular formula is C63H55N3. The van der Waals surface area contributed by atoms with Crippen LogP contribution >= 0.6 is 0 Å². The highest BCUT2D eigenvalue weighted by Crippen LogP contribution is 2.54. The van der Waals surface area contributed by atoms with Crippen molar-refractivity contribution in [3.05, 3.63) is 207 Å². The van der Waals surface area contributed by atoms with Gasteiger partial charge in [-0.25, -0.2) is 0 Å². The lowest BCUT2D eigenvalue weighted by molar-refractivity contribution is 0.661. The van der Waals surface area contributed by atoms with Crippen molar-refractivity contribution < 1.29 is 0 Å². The normalized spacial score (nSPS) is 13.1. The molecule has 2 aromatic heterocycles. The molecule has 11 aromatic rings. The molecule has 0 fully saturated rings. The summed E-state index contributed by atoms with van der Waals surface area (Å²) in [5.74, 6) is 0. The van der Waals surface area contributed by atoms with E-state index in [1.165, 1.54) is 138 Å². The zero-order chi connectivity index (χ0) is 45.5. The molecule has 0 radical (unpaired) electrons. The lowest BCUT2D eigenvalue weighted by Crippen LogP contribution is -2.16. The van der Waals surface area contributed by atoms with E-state index in [9.17, 15) is 0 Å². The Hall–Kier alpha value is -7.36. The highest BCUT2D eigenvalue weighted by molar-refractivity contribution is 6.25. The van der Waals surface area contributed by atoms with Crippen LogP contribution in [-0.4, -0.2) is 4.40 Å². The molecule has 1 aliphatic rings. The van der Waals surface area contributed by atoms with Crippen molar-refractivity contribution in [2.24, 2.45) is 0 Å². The zero-order valence-corrected chi connectivity index (χ0v) is 39.8. The molecule has 3 heteroatoms. The Kier molecular flexibility index (Phi) is 8.72. The first kappa shape index (κ1) is 40.2. The number of anilines is 6. The first-order chi connectivity index (χ1) is 31.7. The van der Waals surface area contributed by atoms with E-state index >= 15 is 0 Å². The molecule has 0 saturated heterocycles. The van der Waals surface area contributed by atoms with Gasteiger partial charge in [-0.3, -0.25) is 0 Å². The summed E-state index contributed by atoms with van der Waals surface area (Å²) in [4.78, 5) is 4.89. The van der Waals surface area contributed by atoms with Crippen molar-refractivity contribution in [3.8, 4) is 11.1 Å². The Bertz CT molecular complexity index is 3800. The number of rotatable bonds is 6. The molecule has 0 atom stereocenters. The third kappa shape index (κ3) is 5.95. The fourth-order valence-electron chi connectivity index (χ4n) is 11.6. The molecule has 0 N–H and O–H groups in total. The number of para-hydroxylation sites is 1. The van der Waals surface area contributed by atoms with Crippen LogP contribution < -0.4 is 9.80 Å². The van der Waals surface area contributed by atoms with Crippen LogP contribution in [0.1, 0.15) is 69.5 Å². The van der Waals surface area contributed by atoms with E-state index in [4.69, 9.17) is 0 Å². The SMILES string of the molecule is Cc1cc(C)cc(N(c2ccc(C)c(C)c2)c2ccc3c(c2)C(C)(C)c2ccc4cc5c6cccc7c8ccc(N(c9cc(C)cc(C)c9)c9ccc(C)c(C)c9)cc8n(c5cc4c2-3)c76)c1. The van der Waals surface area contributed by atoms with Gasteiger partial charge < -0.3 is 14.2 Å². The van der Waals surface area contributed by atoms with Crippen LogP contribution in [0.3, 0.4) is 0 Å². The highest BCUT2D eigenvalue weighted by Gasteiger charge is 2.37. The first-order valence-electron chi connectivity index (χ1n) is 23.5. The van der Waals surface area contributed by atoms with Gasteiger partial charge in [0.2, 0.25) is 0 Å². The van der Waals surface area contributed by atoms with Gasteiger partial charge in [-0.15, -0.1) is 0 Å². The van der Waals surface area contributed by atoms with Crippen molar-refractivity contribution in [1.29, 1.82) is 0 Å². The third-order valence-electron chi connectivity index (χ3n) is 15.0. The quantitative estimate of drug-likeness (QED) is 0.165. The van der Waals surface area contributed by atoms with Gasteiger partial charge in [0.25, 0.3) is 0 Å². The predicted octanol–water partition coefficient (Wildman–Crippen LogP) is 17.7. The summed E-state index contributed by atoms with van der Waals surface area (Å²) in [6, 6.07) is 58.4. The molecule has 0 bridgehead atoms. The topological polar surface area (TPSA) is 10.9 Å². The maximum absolute atomic E-state index is 2.56. The minimum Gasteiger partial charge on any atom is -0.310 e. The molecule has 0 spiro atoms. The minimum absolute atomic E-state index is 0.206. The van der Waals surface area contributed by atoms with Crippen LogP contribution in [0.2, 0.25) is 0 Å². The maximum atomic E-state index is 2.56. The van der Waals surface area contributed by atoms with Gasteiger partial charge >= 0.3 is 0 Å². The first-order valence-corrected chi connectivity index (χ1v) is 23.5. The van der Waals surface area contributed by atoms with E-state index in [-0.39, 0.29) is 5.41 Å². The molecular weight excluding hydrogens is 799 g/mol. The molecule has 0 amide bonds. The second-order valence-electron chi connectivity index (χ2n) is 20.1. The average molecular weight is 854 g/mol. The van der Waals surface area contributed by atoms with Crippen LogP contribution in [0.15, 0.2) is 152 Å². The summed E-state index contributed by atoms with van der Waals surface area (Å²) in [5, 5.41) is 7.73. The Labute approximate surface area is 388 Å². The van der Waals surface area contributed by atoms with Gasteiger partial charge in [0, 0.05) is 61.1 Å². The summed E-state index contributed by atoms with van der Waals surface area (Å²) < 4.78 is 2.56. The Morgan fingerprint density at radius 1 is 0.364 bits per heavy atom. The molecule has 0 unspecified atom stereocenters. The van der Waals surface area contributed by atoms with Gasteiger partial charge in [0.1, 0.15) is 0 Å². The Morgan fingerprint density at radius 3 is 1.47 bits per heavy atom. The van der Waals surface area contributed by atoms with E-state index < -0.39 is 0 Å². The number of benzene rings is 9. The van der Waals surface area contributed by atoms with E-state index in [1.54, 1.807) is 0 Å². The minimum atomic E-state index is -0.206. The fraction of sp³-hybridized carbons (Fsp3) is 0.175. The van der Waals surface area contributed by atoms with E-state index in [0.717, 1.165) is 11.4 Å². The fourth-order valence-corrected chi connectivity index (χ4v) is 11.6. The Morgan fingerprint density at radius 2 is 0.879 bits per heavy atom. The van der Waals surface area contributed by atoms with Crippen LogP contribution in [0.4, 0.5) is 34.1 Å². The predicted molar refractivity (Wildman–Crippen MR) is 283 cm³/mol. The maximum Gasteiger partial charge on any atom is 0.0620 e. The van der Waals surface area contributed by atoms with Crippen LogP contribution in [0.25, 0.3) is 60.0 Å². The average Bonchev–Trinajstić information content (AvgIpc) is 3.86. The number of hydrogen-bond acceptors (Lipinski definition) is 2.